The third-order valence-corrected chi connectivity index (χ3v) is 2.87. The molecule has 0 saturated heterocycles. The molecule has 2 rings (SSSR count). The second kappa shape index (κ2) is 5.78. The average Bonchev–Trinajstić information content (AvgIpc) is 2.37. The quantitative estimate of drug-likeness (QED) is 0.902. The van der Waals surface area contributed by atoms with E-state index in [9.17, 15) is 9.59 Å². The van der Waals surface area contributed by atoms with E-state index in [-0.39, 0.29) is 28.7 Å². The number of ether oxygens (including phenoxy) is 1. The molecule has 1 heterocycles. The van der Waals surface area contributed by atoms with Gasteiger partial charge in [-0.25, -0.2) is 4.79 Å². The largest absolute Gasteiger partial charge is 0.478 e. The highest BCUT2D eigenvalue weighted by Gasteiger charge is 2.14. The second-order valence-corrected chi connectivity index (χ2v) is 5.03. The van der Waals surface area contributed by atoms with Crippen LogP contribution in [0, 0.1) is 6.92 Å². The number of aryl methyl sites for hydroxylation is 1. The SMILES string of the molecule is Cc1ccc(C(=O)O)c(Oc2cc(=O)[nH]c(C(C)C)n2)c1. The maximum absolute atomic E-state index is 11.6. The molecule has 0 bridgehead atoms. The Morgan fingerprint density at radius 1 is 1.33 bits per heavy atom. The van der Waals surface area contributed by atoms with E-state index >= 15 is 0 Å². The molecule has 0 saturated carbocycles. The zero-order valence-corrected chi connectivity index (χ0v) is 12.0. The van der Waals surface area contributed by atoms with Gasteiger partial charge in [0.15, 0.2) is 0 Å². The molecule has 110 valence electrons. The molecule has 0 aliphatic heterocycles. The highest BCUT2D eigenvalue weighted by Crippen LogP contribution is 2.25. The highest BCUT2D eigenvalue weighted by molar-refractivity contribution is 5.91. The molecule has 0 radical (unpaired) electrons. The van der Waals surface area contributed by atoms with E-state index in [2.05, 4.69) is 9.97 Å². The van der Waals surface area contributed by atoms with Crippen LogP contribution in [0.25, 0.3) is 0 Å². The van der Waals surface area contributed by atoms with Crippen molar-refractivity contribution in [2.45, 2.75) is 26.7 Å². The number of carboxylic acids is 1. The molecule has 0 amide bonds. The van der Waals surface area contributed by atoms with Crippen molar-refractivity contribution >= 4 is 5.97 Å². The third kappa shape index (κ3) is 3.47. The van der Waals surface area contributed by atoms with Gasteiger partial charge in [-0.05, 0) is 24.6 Å². The molecule has 2 aromatic rings. The van der Waals surface area contributed by atoms with Crippen LogP contribution in [0.2, 0.25) is 0 Å². The van der Waals surface area contributed by atoms with Gasteiger partial charge in [-0.1, -0.05) is 19.9 Å². The molecular weight excluding hydrogens is 272 g/mol. The Balaban J connectivity index is 2.45. The van der Waals surface area contributed by atoms with Crippen LogP contribution in [0.15, 0.2) is 29.1 Å². The lowest BCUT2D eigenvalue weighted by Gasteiger charge is -2.10. The number of hydrogen-bond donors (Lipinski definition) is 2. The number of H-pyrrole nitrogens is 1. The van der Waals surface area contributed by atoms with Gasteiger partial charge in [0.1, 0.15) is 17.1 Å². The van der Waals surface area contributed by atoms with Crippen LogP contribution in [0.3, 0.4) is 0 Å². The Morgan fingerprint density at radius 2 is 2.05 bits per heavy atom. The number of carbonyl (C=O) groups is 1. The van der Waals surface area contributed by atoms with Gasteiger partial charge in [0.05, 0.1) is 6.07 Å². The minimum atomic E-state index is -1.10. The van der Waals surface area contributed by atoms with Crippen molar-refractivity contribution in [3.8, 4) is 11.6 Å². The number of rotatable bonds is 4. The number of carboxylic acid groups (broad SMARTS) is 1. The summed E-state index contributed by atoms with van der Waals surface area (Å²) in [6, 6.07) is 5.94. The van der Waals surface area contributed by atoms with E-state index in [4.69, 9.17) is 9.84 Å². The van der Waals surface area contributed by atoms with Gasteiger partial charge in [-0.2, -0.15) is 4.98 Å². The van der Waals surface area contributed by atoms with Gasteiger partial charge in [0.2, 0.25) is 5.88 Å². The molecule has 0 aliphatic carbocycles. The third-order valence-electron chi connectivity index (χ3n) is 2.87. The van der Waals surface area contributed by atoms with E-state index in [1.54, 1.807) is 12.1 Å². The number of nitrogens with one attached hydrogen (secondary N) is 1. The van der Waals surface area contributed by atoms with Crippen LogP contribution in [-0.2, 0) is 0 Å². The molecule has 0 fully saturated rings. The molecule has 2 N–H and O–H groups in total. The maximum atomic E-state index is 11.6. The first-order valence-corrected chi connectivity index (χ1v) is 6.50. The Morgan fingerprint density at radius 3 is 2.67 bits per heavy atom. The van der Waals surface area contributed by atoms with Crippen molar-refractivity contribution in [1.82, 2.24) is 9.97 Å². The number of aromatic carboxylic acids is 1. The normalized spacial score (nSPS) is 10.7. The van der Waals surface area contributed by atoms with Crippen LogP contribution in [-0.4, -0.2) is 21.0 Å². The summed E-state index contributed by atoms with van der Waals surface area (Å²) in [6.45, 7) is 5.60. The topological polar surface area (TPSA) is 92.3 Å². The lowest BCUT2D eigenvalue weighted by molar-refractivity contribution is 0.0694. The minimum Gasteiger partial charge on any atom is -0.478 e. The van der Waals surface area contributed by atoms with Crippen molar-refractivity contribution < 1.29 is 14.6 Å². The fourth-order valence-electron chi connectivity index (χ4n) is 1.78. The summed E-state index contributed by atoms with van der Waals surface area (Å²) in [6.07, 6.45) is 0. The second-order valence-electron chi connectivity index (χ2n) is 5.03. The molecule has 6 nitrogen and oxygen atoms in total. The number of nitrogens with zero attached hydrogens (tertiary/aromatic N) is 1. The van der Waals surface area contributed by atoms with Crippen molar-refractivity contribution in [1.29, 1.82) is 0 Å². The summed E-state index contributed by atoms with van der Waals surface area (Å²) in [5.74, 6) is -0.343. The van der Waals surface area contributed by atoms with Crippen molar-refractivity contribution in [2.24, 2.45) is 0 Å². The van der Waals surface area contributed by atoms with Gasteiger partial charge >= 0.3 is 5.97 Å². The van der Waals surface area contributed by atoms with E-state index < -0.39 is 5.97 Å². The molecular formula is C15H16N2O4. The Kier molecular flexibility index (Phi) is 4.07. The number of hydrogen-bond acceptors (Lipinski definition) is 4. The van der Waals surface area contributed by atoms with Crippen molar-refractivity contribution in [2.75, 3.05) is 0 Å². The number of aromatic nitrogens is 2. The Labute approximate surface area is 121 Å². The zero-order valence-electron chi connectivity index (χ0n) is 12.0. The van der Waals surface area contributed by atoms with E-state index in [1.807, 2.05) is 20.8 Å². The number of benzene rings is 1. The minimum absolute atomic E-state index is 0.0220. The van der Waals surface area contributed by atoms with E-state index in [0.717, 1.165) is 5.56 Å². The smallest absolute Gasteiger partial charge is 0.339 e. The predicted octanol–water partition coefficient (Wildman–Crippen LogP) is 2.69. The van der Waals surface area contributed by atoms with Gasteiger partial charge in [-0.3, -0.25) is 4.79 Å². The maximum Gasteiger partial charge on any atom is 0.339 e. The summed E-state index contributed by atoms with van der Waals surface area (Å²) in [4.78, 5) is 29.6. The molecule has 0 atom stereocenters. The molecule has 6 heteroatoms. The summed E-state index contributed by atoms with van der Waals surface area (Å²) in [5, 5.41) is 9.16. The standard InChI is InChI=1S/C15H16N2O4/c1-8(2)14-16-12(18)7-13(17-14)21-11-6-9(3)4-5-10(11)15(19)20/h4-8H,1-3H3,(H,19,20)(H,16,17,18). The number of aromatic amines is 1. The first-order chi connectivity index (χ1) is 9.86. The van der Waals surface area contributed by atoms with Crippen LogP contribution >= 0.6 is 0 Å². The van der Waals surface area contributed by atoms with Gasteiger partial charge in [-0.15, -0.1) is 0 Å². The fraction of sp³-hybridized carbons (Fsp3) is 0.267. The first-order valence-electron chi connectivity index (χ1n) is 6.50. The van der Waals surface area contributed by atoms with Crippen LogP contribution in [0.4, 0.5) is 0 Å². The molecule has 0 aliphatic rings. The van der Waals surface area contributed by atoms with Crippen LogP contribution in [0.1, 0.15) is 41.5 Å². The van der Waals surface area contributed by atoms with Crippen molar-refractivity contribution in [3.05, 3.63) is 51.6 Å². The van der Waals surface area contributed by atoms with E-state index in [1.165, 1.54) is 12.1 Å². The summed E-state index contributed by atoms with van der Waals surface area (Å²) >= 11 is 0. The summed E-state index contributed by atoms with van der Waals surface area (Å²) < 4.78 is 5.51. The van der Waals surface area contributed by atoms with Gasteiger partial charge < -0.3 is 14.8 Å². The summed E-state index contributed by atoms with van der Waals surface area (Å²) in [5.41, 5.74) is 0.533. The fourth-order valence-corrected chi connectivity index (χ4v) is 1.78. The molecule has 1 aromatic carbocycles. The Hall–Kier alpha value is -2.63. The van der Waals surface area contributed by atoms with Crippen molar-refractivity contribution in [3.63, 3.8) is 0 Å². The van der Waals surface area contributed by atoms with Gasteiger partial charge in [0.25, 0.3) is 5.56 Å². The van der Waals surface area contributed by atoms with Gasteiger partial charge in [0, 0.05) is 5.92 Å². The summed E-state index contributed by atoms with van der Waals surface area (Å²) in [7, 11) is 0. The molecule has 0 spiro atoms. The lowest BCUT2D eigenvalue weighted by Crippen LogP contribution is -2.12. The first kappa shape index (κ1) is 14.8. The molecule has 1 aromatic heterocycles. The Bertz CT molecular complexity index is 735. The predicted molar refractivity (Wildman–Crippen MR) is 77.2 cm³/mol. The van der Waals surface area contributed by atoms with Crippen LogP contribution in [0.5, 0.6) is 11.6 Å². The molecule has 21 heavy (non-hydrogen) atoms. The van der Waals surface area contributed by atoms with Crippen LogP contribution < -0.4 is 10.3 Å². The molecule has 0 unspecified atom stereocenters. The monoisotopic (exact) mass is 288 g/mol. The van der Waals surface area contributed by atoms with E-state index in [0.29, 0.717) is 5.82 Å². The lowest BCUT2D eigenvalue weighted by atomic mass is 10.1. The zero-order chi connectivity index (χ0) is 15.6. The average molecular weight is 288 g/mol. The highest BCUT2D eigenvalue weighted by atomic mass is 16.5.